The normalized spacial score (nSPS) is 10.1. The van der Waals surface area contributed by atoms with E-state index < -0.39 is 0 Å². The molecule has 0 saturated heterocycles. The summed E-state index contributed by atoms with van der Waals surface area (Å²) in [7, 11) is 3.37. The van der Waals surface area contributed by atoms with Crippen molar-refractivity contribution in [2.45, 2.75) is 13.1 Å². The van der Waals surface area contributed by atoms with Crippen molar-refractivity contribution < 1.29 is 9.53 Å². The van der Waals surface area contributed by atoms with Gasteiger partial charge in [-0.15, -0.1) is 0 Å². The highest BCUT2D eigenvalue weighted by Gasteiger charge is 2.10. The molecular formula is C17H19ClN2O2. The summed E-state index contributed by atoms with van der Waals surface area (Å²) < 4.78 is 5.10. The van der Waals surface area contributed by atoms with E-state index in [0.717, 1.165) is 16.9 Å². The molecular weight excluding hydrogens is 300 g/mol. The number of rotatable bonds is 5. The number of carbonyl (C=O) groups excluding carboxylic acids is 1. The first-order valence-corrected chi connectivity index (χ1v) is 7.33. The minimum absolute atomic E-state index is 0.143. The molecule has 0 aliphatic heterocycles. The Bertz CT molecular complexity index is 629. The fraction of sp³-hybridized carbons (Fsp3) is 0.235. The molecule has 0 unspecified atom stereocenters. The lowest BCUT2D eigenvalue weighted by molar-refractivity contribution is 0.206. The highest BCUT2D eigenvalue weighted by atomic mass is 35.5. The van der Waals surface area contributed by atoms with Gasteiger partial charge in [0.05, 0.1) is 7.11 Å². The Morgan fingerprint density at radius 2 is 1.86 bits per heavy atom. The molecule has 2 amide bonds. The first-order chi connectivity index (χ1) is 10.6. The van der Waals surface area contributed by atoms with Crippen molar-refractivity contribution in [1.29, 1.82) is 0 Å². The molecule has 116 valence electrons. The lowest BCUT2D eigenvalue weighted by atomic mass is 10.2. The van der Waals surface area contributed by atoms with Gasteiger partial charge in [-0.05, 0) is 29.3 Å². The summed E-state index contributed by atoms with van der Waals surface area (Å²) >= 11 is 6.10. The maximum atomic E-state index is 12.1. The molecule has 2 rings (SSSR count). The molecule has 2 aromatic rings. The maximum Gasteiger partial charge on any atom is 0.317 e. The molecule has 2 aromatic carbocycles. The number of ether oxygens (including phenoxy) is 1. The number of carbonyl (C=O) groups is 1. The summed E-state index contributed by atoms with van der Waals surface area (Å²) in [5, 5.41) is 3.54. The minimum Gasteiger partial charge on any atom is -0.497 e. The predicted octanol–water partition coefficient (Wildman–Crippen LogP) is 3.69. The number of halogens is 1. The number of amides is 2. The van der Waals surface area contributed by atoms with E-state index in [2.05, 4.69) is 5.32 Å². The molecule has 0 heterocycles. The Balaban J connectivity index is 1.87. The summed E-state index contributed by atoms with van der Waals surface area (Å²) in [6, 6.07) is 15.0. The van der Waals surface area contributed by atoms with Crippen LogP contribution in [0.25, 0.3) is 0 Å². The second-order valence-electron chi connectivity index (χ2n) is 4.95. The summed E-state index contributed by atoms with van der Waals surface area (Å²) in [4.78, 5) is 13.7. The van der Waals surface area contributed by atoms with Crippen LogP contribution in [0.2, 0.25) is 5.02 Å². The molecule has 1 N–H and O–H groups in total. The lowest BCUT2D eigenvalue weighted by Crippen LogP contribution is -2.36. The summed E-state index contributed by atoms with van der Waals surface area (Å²) in [6.07, 6.45) is 0. The van der Waals surface area contributed by atoms with Gasteiger partial charge in [0.1, 0.15) is 5.75 Å². The smallest absolute Gasteiger partial charge is 0.317 e. The van der Waals surface area contributed by atoms with Crippen molar-refractivity contribution in [3.63, 3.8) is 0 Å². The van der Waals surface area contributed by atoms with E-state index in [1.165, 1.54) is 0 Å². The fourth-order valence-corrected chi connectivity index (χ4v) is 2.21. The van der Waals surface area contributed by atoms with Gasteiger partial charge in [0.15, 0.2) is 0 Å². The van der Waals surface area contributed by atoms with Crippen molar-refractivity contribution >= 4 is 17.6 Å². The molecule has 0 atom stereocenters. The zero-order valence-electron chi connectivity index (χ0n) is 12.7. The molecule has 0 spiro atoms. The van der Waals surface area contributed by atoms with Crippen LogP contribution < -0.4 is 10.1 Å². The number of nitrogens with zero attached hydrogens (tertiary/aromatic N) is 1. The first-order valence-electron chi connectivity index (χ1n) is 6.95. The van der Waals surface area contributed by atoms with Gasteiger partial charge in [0.2, 0.25) is 0 Å². The molecule has 0 bridgehead atoms. The highest BCUT2D eigenvalue weighted by molar-refractivity contribution is 6.31. The van der Waals surface area contributed by atoms with Gasteiger partial charge < -0.3 is 15.0 Å². The van der Waals surface area contributed by atoms with Gasteiger partial charge in [0.25, 0.3) is 0 Å². The fourth-order valence-electron chi connectivity index (χ4n) is 2.01. The van der Waals surface area contributed by atoms with Crippen molar-refractivity contribution in [2.24, 2.45) is 0 Å². The second-order valence-corrected chi connectivity index (χ2v) is 5.36. The van der Waals surface area contributed by atoms with E-state index in [4.69, 9.17) is 16.3 Å². The molecule has 0 aliphatic carbocycles. The van der Waals surface area contributed by atoms with Crippen LogP contribution in [0.1, 0.15) is 11.1 Å². The topological polar surface area (TPSA) is 41.6 Å². The lowest BCUT2D eigenvalue weighted by Gasteiger charge is -2.18. The van der Waals surface area contributed by atoms with Crippen molar-refractivity contribution in [3.8, 4) is 5.75 Å². The van der Waals surface area contributed by atoms with Gasteiger partial charge in [-0.2, -0.15) is 0 Å². The monoisotopic (exact) mass is 318 g/mol. The molecule has 0 saturated carbocycles. The van der Waals surface area contributed by atoms with Gasteiger partial charge in [-0.25, -0.2) is 4.79 Å². The predicted molar refractivity (Wildman–Crippen MR) is 88.1 cm³/mol. The van der Waals surface area contributed by atoms with E-state index in [1.54, 1.807) is 19.1 Å². The standard InChI is InChI=1S/C17H19ClN2O2/c1-20(12-14-5-3-4-6-16(14)18)17(21)19-11-13-7-9-15(22-2)10-8-13/h3-10H,11-12H2,1-2H3,(H,19,21). The number of hydrogen-bond acceptors (Lipinski definition) is 2. The van der Waals surface area contributed by atoms with E-state index in [-0.39, 0.29) is 6.03 Å². The third-order valence-electron chi connectivity index (χ3n) is 3.31. The SMILES string of the molecule is COc1ccc(CNC(=O)N(C)Cc2ccccc2Cl)cc1. The van der Waals surface area contributed by atoms with Crippen molar-refractivity contribution in [3.05, 3.63) is 64.7 Å². The second kappa shape index (κ2) is 7.71. The maximum absolute atomic E-state index is 12.1. The van der Waals surface area contributed by atoms with Gasteiger partial charge in [-0.1, -0.05) is 41.9 Å². The average molecular weight is 319 g/mol. The Morgan fingerprint density at radius 3 is 2.50 bits per heavy atom. The summed E-state index contributed by atoms with van der Waals surface area (Å²) in [6.45, 7) is 0.934. The van der Waals surface area contributed by atoms with E-state index >= 15 is 0 Å². The zero-order valence-corrected chi connectivity index (χ0v) is 13.4. The molecule has 0 radical (unpaired) electrons. The molecule has 4 nitrogen and oxygen atoms in total. The van der Waals surface area contributed by atoms with E-state index in [0.29, 0.717) is 18.1 Å². The Morgan fingerprint density at radius 1 is 1.18 bits per heavy atom. The number of benzene rings is 2. The van der Waals surface area contributed by atoms with Crippen LogP contribution in [0.3, 0.4) is 0 Å². The highest BCUT2D eigenvalue weighted by Crippen LogP contribution is 2.16. The molecule has 0 fully saturated rings. The third-order valence-corrected chi connectivity index (χ3v) is 3.68. The summed E-state index contributed by atoms with van der Waals surface area (Å²) in [5.74, 6) is 0.797. The van der Waals surface area contributed by atoms with Crippen LogP contribution >= 0.6 is 11.6 Å². The number of hydrogen-bond donors (Lipinski definition) is 1. The molecule has 5 heteroatoms. The quantitative estimate of drug-likeness (QED) is 0.913. The number of nitrogens with one attached hydrogen (secondary N) is 1. The molecule has 22 heavy (non-hydrogen) atoms. The van der Waals surface area contributed by atoms with Gasteiger partial charge in [0, 0.05) is 25.2 Å². The van der Waals surface area contributed by atoms with Crippen LogP contribution in [-0.4, -0.2) is 25.1 Å². The largest absolute Gasteiger partial charge is 0.497 e. The third kappa shape index (κ3) is 4.40. The van der Waals surface area contributed by atoms with E-state index in [9.17, 15) is 4.79 Å². The average Bonchev–Trinajstić information content (AvgIpc) is 2.55. The zero-order chi connectivity index (χ0) is 15.9. The first kappa shape index (κ1) is 16.2. The Hall–Kier alpha value is -2.20. The van der Waals surface area contributed by atoms with Crippen LogP contribution in [0, 0.1) is 0 Å². The van der Waals surface area contributed by atoms with Crippen molar-refractivity contribution in [2.75, 3.05) is 14.2 Å². The summed E-state index contributed by atoms with van der Waals surface area (Å²) in [5.41, 5.74) is 1.94. The van der Waals surface area contributed by atoms with Crippen molar-refractivity contribution in [1.82, 2.24) is 10.2 Å². The number of urea groups is 1. The number of methoxy groups -OCH3 is 1. The Kier molecular flexibility index (Phi) is 5.67. The van der Waals surface area contributed by atoms with Gasteiger partial charge >= 0.3 is 6.03 Å². The van der Waals surface area contributed by atoms with E-state index in [1.807, 2.05) is 48.5 Å². The molecule has 0 aliphatic rings. The minimum atomic E-state index is -0.143. The Labute approximate surface area is 135 Å². The van der Waals surface area contributed by atoms with Crippen LogP contribution in [0.5, 0.6) is 5.75 Å². The molecule has 0 aromatic heterocycles. The van der Waals surface area contributed by atoms with Crippen LogP contribution in [-0.2, 0) is 13.1 Å². The van der Waals surface area contributed by atoms with Gasteiger partial charge in [-0.3, -0.25) is 0 Å². The van der Waals surface area contributed by atoms with Crippen LogP contribution in [0.15, 0.2) is 48.5 Å². The van der Waals surface area contributed by atoms with Crippen LogP contribution in [0.4, 0.5) is 4.79 Å².